The lowest BCUT2D eigenvalue weighted by molar-refractivity contribution is 0.000869. The molecule has 0 radical (unpaired) electrons. The minimum Gasteiger partial charge on any atom is -0.373 e. The van der Waals surface area contributed by atoms with Gasteiger partial charge in [0.2, 0.25) is 0 Å². The van der Waals surface area contributed by atoms with Gasteiger partial charge in [-0.3, -0.25) is 9.48 Å². The van der Waals surface area contributed by atoms with E-state index < -0.39 is 5.82 Å². The largest absolute Gasteiger partial charge is 0.373 e. The predicted molar refractivity (Wildman–Crippen MR) is 83.8 cm³/mol. The molecule has 2 aromatic rings. The van der Waals surface area contributed by atoms with Crippen LogP contribution in [0.25, 0.3) is 0 Å². The second kappa shape index (κ2) is 6.68. The first-order valence-corrected chi connectivity index (χ1v) is 7.77. The maximum Gasteiger partial charge on any atom is 0.253 e. The zero-order chi connectivity index (χ0) is 16.4. The van der Waals surface area contributed by atoms with Gasteiger partial charge in [-0.05, 0) is 31.0 Å². The Morgan fingerprint density at radius 2 is 2.35 bits per heavy atom. The summed E-state index contributed by atoms with van der Waals surface area (Å²) in [5.74, 6) is -0.763. The second-order valence-corrected chi connectivity index (χ2v) is 6.03. The summed E-state index contributed by atoms with van der Waals surface area (Å²) in [6.45, 7) is 0.557. The monoisotopic (exact) mass is 337 g/mol. The highest BCUT2D eigenvalue weighted by Gasteiger charge is 2.26. The number of hydrogen-bond donors (Lipinski definition) is 1. The summed E-state index contributed by atoms with van der Waals surface area (Å²) in [5.41, 5.74) is 1.27. The van der Waals surface area contributed by atoms with Crippen molar-refractivity contribution in [3.63, 3.8) is 0 Å². The molecule has 0 spiro atoms. The van der Waals surface area contributed by atoms with Crippen LogP contribution in [0, 0.1) is 5.82 Å². The van der Waals surface area contributed by atoms with Gasteiger partial charge in [-0.2, -0.15) is 5.10 Å². The molecule has 122 valence electrons. The quantitative estimate of drug-likeness (QED) is 0.937. The standard InChI is InChI=1S/C16H17ClFN3O2/c1-21-9-10(8-19-21)15-7-12(4-5-23-15)20-16(22)13-3-2-11(18)6-14(13)17/h2-3,6,8-9,12,15H,4-5,7H2,1H3,(H,20,22)/t12-,15+/m1/s1. The van der Waals surface area contributed by atoms with E-state index in [1.807, 2.05) is 13.2 Å². The summed E-state index contributed by atoms with van der Waals surface area (Å²) >= 11 is 5.93. The van der Waals surface area contributed by atoms with Gasteiger partial charge in [-0.25, -0.2) is 4.39 Å². The van der Waals surface area contributed by atoms with Crippen molar-refractivity contribution in [1.29, 1.82) is 0 Å². The van der Waals surface area contributed by atoms with E-state index in [-0.39, 0.29) is 28.6 Å². The molecule has 3 rings (SSSR count). The SMILES string of the molecule is Cn1cc([C@@H]2C[C@H](NC(=O)c3ccc(F)cc3Cl)CCO2)cn1. The minimum atomic E-state index is -0.464. The summed E-state index contributed by atoms with van der Waals surface area (Å²) in [6, 6.07) is 3.73. The Labute approximate surface area is 138 Å². The fraction of sp³-hybridized carbons (Fsp3) is 0.375. The van der Waals surface area contributed by atoms with Crippen molar-refractivity contribution in [2.24, 2.45) is 7.05 Å². The van der Waals surface area contributed by atoms with Gasteiger partial charge in [-0.15, -0.1) is 0 Å². The number of carbonyl (C=O) groups is 1. The van der Waals surface area contributed by atoms with Gasteiger partial charge in [0.1, 0.15) is 5.82 Å². The Hall–Kier alpha value is -1.92. The molecule has 1 aliphatic rings. The van der Waals surface area contributed by atoms with E-state index in [0.29, 0.717) is 13.0 Å². The number of halogens is 2. The van der Waals surface area contributed by atoms with Crippen molar-refractivity contribution < 1.29 is 13.9 Å². The van der Waals surface area contributed by atoms with Gasteiger partial charge in [-0.1, -0.05) is 11.6 Å². The lowest BCUT2D eigenvalue weighted by Gasteiger charge is -2.29. The molecule has 5 nitrogen and oxygen atoms in total. The van der Waals surface area contributed by atoms with Gasteiger partial charge < -0.3 is 10.1 Å². The summed E-state index contributed by atoms with van der Waals surface area (Å²) in [4.78, 5) is 12.3. The van der Waals surface area contributed by atoms with Crippen LogP contribution in [0.3, 0.4) is 0 Å². The van der Waals surface area contributed by atoms with Crippen molar-refractivity contribution in [2.45, 2.75) is 25.0 Å². The lowest BCUT2D eigenvalue weighted by atomic mass is 9.99. The van der Waals surface area contributed by atoms with Crippen LogP contribution in [0.1, 0.15) is 34.9 Å². The molecule has 2 heterocycles. The molecule has 0 unspecified atom stereocenters. The van der Waals surface area contributed by atoms with E-state index in [0.717, 1.165) is 18.1 Å². The Morgan fingerprint density at radius 3 is 3.04 bits per heavy atom. The molecule has 1 aromatic carbocycles. The third-order valence-electron chi connectivity index (χ3n) is 3.89. The van der Waals surface area contributed by atoms with E-state index >= 15 is 0 Å². The number of aryl methyl sites for hydroxylation is 1. The number of benzene rings is 1. The first kappa shape index (κ1) is 16.0. The van der Waals surface area contributed by atoms with Crippen molar-refractivity contribution in [1.82, 2.24) is 15.1 Å². The summed E-state index contributed by atoms with van der Waals surface area (Å²) < 4.78 is 20.5. The molecular weight excluding hydrogens is 321 g/mol. The average molecular weight is 338 g/mol. The molecule has 2 atom stereocenters. The third kappa shape index (κ3) is 3.71. The summed E-state index contributed by atoms with van der Waals surface area (Å²) in [7, 11) is 1.85. The van der Waals surface area contributed by atoms with Crippen LogP contribution in [-0.2, 0) is 11.8 Å². The predicted octanol–water partition coefficient (Wildman–Crippen LogP) is 2.86. The Kier molecular flexibility index (Phi) is 4.63. The molecule has 0 aliphatic carbocycles. The highest BCUT2D eigenvalue weighted by molar-refractivity contribution is 6.33. The number of hydrogen-bond acceptors (Lipinski definition) is 3. The van der Waals surface area contributed by atoms with E-state index in [1.54, 1.807) is 10.9 Å². The fourth-order valence-electron chi connectivity index (χ4n) is 2.70. The number of ether oxygens (including phenoxy) is 1. The normalized spacial score (nSPS) is 21.2. The number of nitrogens with zero attached hydrogens (tertiary/aromatic N) is 2. The first-order valence-electron chi connectivity index (χ1n) is 7.39. The van der Waals surface area contributed by atoms with E-state index in [4.69, 9.17) is 16.3 Å². The lowest BCUT2D eigenvalue weighted by Crippen LogP contribution is -2.39. The Bertz CT molecular complexity index is 719. The van der Waals surface area contributed by atoms with Crippen molar-refractivity contribution in [3.8, 4) is 0 Å². The number of rotatable bonds is 3. The van der Waals surface area contributed by atoms with Crippen LogP contribution in [0.2, 0.25) is 5.02 Å². The topological polar surface area (TPSA) is 56.2 Å². The Morgan fingerprint density at radius 1 is 1.52 bits per heavy atom. The molecule has 1 N–H and O–H groups in total. The molecule has 1 aromatic heterocycles. The van der Waals surface area contributed by atoms with Crippen LogP contribution < -0.4 is 5.32 Å². The summed E-state index contributed by atoms with van der Waals surface area (Å²) in [5, 5.41) is 7.20. The average Bonchev–Trinajstić information content (AvgIpc) is 2.94. The zero-order valence-corrected chi connectivity index (χ0v) is 13.4. The van der Waals surface area contributed by atoms with Crippen LogP contribution >= 0.6 is 11.6 Å². The van der Waals surface area contributed by atoms with Crippen LogP contribution in [0.5, 0.6) is 0 Å². The third-order valence-corrected chi connectivity index (χ3v) is 4.20. The van der Waals surface area contributed by atoms with Gasteiger partial charge >= 0.3 is 0 Å². The van der Waals surface area contributed by atoms with Crippen LogP contribution in [-0.4, -0.2) is 28.3 Å². The number of aromatic nitrogens is 2. The van der Waals surface area contributed by atoms with E-state index in [1.165, 1.54) is 12.1 Å². The highest BCUT2D eigenvalue weighted by atomic mass is 35.5. The maximum atomic E-state index is 13.1. The number of nitrogens with one attached hydrogen (secondary N) is 1. The smallest absolute Gasteiger partial charge is 0.253 e. The minimum absolute atomic E-state index is 0.0254. The fourth-order valence-corrected chi connectivity index (χ4v) is 2.96. The van der Waals surface area contributed by atoms with Gasteiger partial charge in [0.15, 0.2) is 0 Å². The van der Waals surface area contributed by atoms with Gasteiger partial charge in [0.05, 0.1) is 22.9 Å². The molecule has 1 aliphatic heterocycles. The molecule has 1 fully saturated rings. The molecule has 1 amide bonds. The molecule has 7 heteroatoms. The number of carbonyl (C=O) groups excluding carboxylic acids is 1. The Balaban J connectivity index is 1.66. The second-order valence-electron chi connectivity index (χ2n) is 5.63. The van der Waals surface area contributed by atoms with Crippen molar-refractivity contribution >= 4 is 17.5 Å². The van der Waals surface area contributed by atoms with Crippen molar-refractivity contribution in [2.75, 3.05) is 6.61 Å². The molecule has 23 heavy (non-hydrogen) atoms. The van der Waals surface area contributed by atoms with Gasteiger partial charge in [0, 0.05) is 31.5 Å². The van der Waals surface area contributed by atoms with E-state index in [2.05, 4.69) is 10.4 Å². The number of amides is 1. The van der Waals surface area contributed by atoms with Crippen LogP contribution in [0.4, 0.5) is 4.39 Å². The first-order chi connectivity index (χ1) is 11.0. The maximum absolute atomic E-state index is 13.1. The van der Waals surface area contributed by atoms with Crippen LogP contribution in [0.15, 0.2) is 30.6 Å². The molecule has 0 bridgehead atoms. The van der Waals surface area contributed by atoms with Crippen molar-refractivity contribution in [3.05, 3.63) is 52.6 Å². The molecule has 0 saturated carbocycles. The molecule has 1 saturated heterocycles. The van der Waals surface area contributed by atoms with Gasteiger partial charge in [0.25, 0.3) is 5.91 Å². The zero-order valence-electron chi connectivity index (χ0n) is 12.6. The summed E-state index contributed by atoms with van der Waals surface area (Å²) in [6.07, 6.45) is 4.97. The molecular formula is C16H17ClFN3O2. The van der Waals surface area contributed by atoms with E-state index in [9.17, 15) is 9.18 Å². The highest BCUT2D eigenvalue weighted by Crippen LogP contribution is 2.28.